The molecule has 0 aliphatic rings. The van der Waals surface area contributed by atoms with Crippen molar-refractivity contribution in [1.82, 2.24) is 9.55 Å². The number of carbonyl (C=O) groups is 1. The summed E-state index contributed by atoms with van der Waals surface area (Å²) in [7, 11) is 0. The molecule has 0 aliphatic heterocycles. The van der Waals surface area contributed by atoms with Crippen molar-refractivity contribution in [3.8, 4) is 0 Å². The van der Waals surface area contributed by atoms with E-state index in [1.807, 2.05) is 10.8 Å². The zero-order valence-electron chi connectivity index (χ0n) is 9.81. The van der Waals surface area contributed by atoms with Crippen LogP contribution in [0.5, 0.6) is 0 Å². The summed E-state index contributed by atoms with van der Waals surface area (Å²) in [5, 5.41) is 11.9. The maximum absolute atomic E-state index is 10.6. The summed E-state index contributed by atoms with van der Waals surface area (Å²) in [5.41, 5.74) is 0. The van der Waals surface area contributed by atoms with Gasteiger partial charge in [-0.2, -0.15) is 0 Å². The van der Waals surface area contributed by atoms with Crippen molar-refractivity contribution in [2.75, 3.05) is 11.9 Å². The smallest absolute Gasteiger partial charge is 0.306 e. The Morgan fingerprint density at radius 2 is 2.44 bits per heavy atom. The second-order valence-electron chi connectivity index (χ2n) is 3.85. The molecular formula is C11H19N3O2. The summed E-state index contributed by atoms with van der Waals surface area (Å²) in [6.07, 6.45) is 5.20. The Hall–Kier alpha value is -1.52. The fourth-order valence-corrected chi connectivity index (χ4v) is 1.46. The minimum Gasteiger partial charge on any atom is -0.481 e. The minimum absolute atomic E-state index is 0.271. The van der Waals surface area contributed by atoms with Gasteiger partial charge in [0.1, 0.15) is 0 Å². The summed E-state index contributed by atoms with van der Waals surface area (Å²) in [6, 6.07) is 0. The number of hydrogen-bond donors (Lipinski definition) is 2. The number of anilines is 1. The van der Waals surface area contributed by atoms with Gasteiger partial charge in [0.25, 0.3) is 0 Å². The average Bonchev–Trinajstić information content (AvgIpc) is 2.71. The van der Waals surface area contributed by atoms with Crippen LogP contribution in [0.4, 0.5) is 5.95 Å². The number of aryl methyl sites for hydroxylation is 1. The van der Waals surface area contributed by atoms with E-state index in [4.69, 9.17) is 5.11 Å². The van der Waals surface area contributed by atoms with E-state index in [-0.39, 0.29) is 5.92 Å². The molecule has 0 bridgehead atoms. The molecule has 1 atom stereocenters. The van der Waals surface area contributed by atoms with Crippen LogP contribution in [0, 0.1) is 5.92 Å². The van der Waals surface area contributed by atoms with E-state index in [1.165, 1.54) is 0 Å². The number of hydrogen-bond acceptors (Lipinski definition) is 3. The van der Waals surface area contributed by atoms with E-state index in [2.05, 4.69) is 17.2 Å². The van der Waals surface area contributed by atoms with Crippen LogP contribution >= 0.6 is 0 Å². The zero-order valence-corrected chi connectivity index (χ0v) is 9.81. The Balaban J connectivity index is 2.23. The molecule has 0 saturated carbocycles. The highest BCUT2D eigenvalue weighted by Gasteiger charge is 2.09. The number of imidazole rings is 1. The minimum atomic E-state index is -0.727. The second-order valence-corrected chi connectivity index (χ2v) is 3.85. The van der Waals surface area contributed by atoms with Crippen LogP contribution in [-0.2, 0) is 11.3 Å². The molecule has 2 N–H and O–H groups in total. The molecule has 0 radical (unpaired) electrons. The number of aliphatic carboxylic acids is 1. The largest absolute Gasteiger partial charge is 0.481 e. The molecule has 5 nitrogen and oxygen atoms in total. The lowest BCUT2D eigenvalue weighted by molar-refractivity contribution is -0.141. The molecule has 5 heteroatoms. The van der Waals surface area contributed by atoms with Crippen molar-refractivity contribution >= 4 is 11.9 Å². The molecule has 1 rings (SSSR count). The third kappa shape index (κ3) is 3.56. The fraction of sp³-hybridized carbons (Fsp3) is 0.636. The van der Waals surface area contributed by atoms with Crippen molar-refractivity contribution in [2.24, 2.45) is 5.92 Å². The van der Waals surface area contributed by atoms with Gasteiger partial charge < -0.3 is 15.0 Å². The molecule has 90 valence electrons. The molecular weight excluding hydrogens is 206 g/mol. The van der Waals surface area contributed by atoms with Gasteiger partial charge >= 0.3 is 5.97 Å². The van der Waals surface area contributed by atoms with Crippen LogP contribution in [0.25, 0.3) is 0 Å². The summed E-state index contributed by atoms with van der Waals surface area (Å²) < 4.78 is 2.01. The van der Waals surface area contributed by atoms with Crippen molar-refractivity contribution in [3.63, 3.8) is 0 Å². The standard InChI is InChI=1S/C11H19N3O2/c1-3-14-8-7-13-11(14)12-6-4-5-9(2)10(15)16/h7-9H,3-6H2,1-2H3,(H,12,13)(H,15,16). The van der Waals surface area contributed by atoms with Gasteiger partial charge in [-0.25, -0.2) is 4.98 Å². The van der Waals surface area contributed by atoms with Crippen LogP contribution in [0.2, 0.25) is 0 Å². The third-order valence-corrected chi connectivity index (χ3v) is 2.57. The summed E-state index contributed by atoms with van der Waals surface area (Å²) in [4.78, 5) is 14.8. The van der Waals surface area contributed by atoms with Crippen molar-refractivity contribution < 1.29 is 9.90 Å². The van der Waals surface area contributed by atoms with E-state index in [1.54, 1.807) is 13.1 Å². The van der Waals surface area contributed by atoms with Gasteiger partial charge in [0.15, 0.2) is 0 Å². The lowest BCUT2D eigenvalue weighted by Gasteiger charge is -2.09. The van der Waals surface area contributed by atoms with Gasteiger partial charge in [-0.15, -0.1) is 0 Å². The SMILES string of the molecule is CCn1ccnc1NCCCC(C)C(=O)O. The first kappa shape index (κ1) is 12.5. The number of rotatable bonds is 7. The Labute approximate surface area is 95.5 Å². The van der Waals surface area contributed by atoms with Crippen LogP contribution in [0.1, 0.15) is 26.7 Å². The van der Waals surface area contributed by atoms with Gasteiger partial charge in [0.05, 0.1) is 5.92 Å². The maximum atomic E-state index is 10.6. The van der Waals surface area contributed by atoms with Crippen molar-refractivity contribution in [3.05, 3.63) is 12.4 Å². The first-order chi connectivity index (χ1) is 7.65. The number of carboxylic acid groups (broad SMARTS) is 1. The summed E-state index contributed by atoms with van der Waals surface area (Å²) in [5.74, 6) is -0.145. The lowest BCUT2D eigenvalue weighted by Crippen LogP contribution is -2.13. The molecule has 16 heavy (non-hydrogen) atoms. The van der Waals surface area contributed by atoms with E-state index in [0.717, 1.165) is 25.5 Å². The van der Waals surface area contributed by atoms with Gasteiger partial charge in [-0.05, 0) is 19.8 Å². The van der Waals surface area contributed by atoms with E-state index < -0.39 is 5.97 Å². The number of aromatic nitrogens is 2. The molecule has 0 aliphatic carbocycles. The van der Waals surface area contributed by atoms with Crippen molar-refractivity contribution in [1.29, 1.82) is 0 Å². The average molecular weight is 225 g/mol. The monoisotopic (exact) mass is 225 g/mol. The highest BCUT2D eigenvalue weighted by atomic mass is 16.4. The lowest BCUT2D eigenvalue weighted by atomic mass is 10.1. The van der Waals surface area contributed by atoms with Gasteiger partial charge in [0.2, 0.25) is 5.95 Å². The zero-order chi connectivity index (χ0) is 12.0. The van der Waals surface area contributed by atoms with Crippen molar-refractivity contribution in [2.45, 2.75) is 33.2 Å². The normalized spacial score (nSPS) is 12.4. The maximum Gasteiger partial charge on any atom is 0.306 e. The molecule has 0 aromatic carbocycles. The Kier molecular flexibility index (Phi) is 4.82. The highest BCUT2D eigenvalue weighted by molar-refractivity contribution is 5.69. The predicted molar refractivity (Wildman–Crippen MR) is 62.4 cm³/mol. The first-order valence-electron chi connectivity index (χ1n) is 5.63. The van der Waals surface area contributed by atoms with Gasteiger partial charge in [0, 0.05) is 25.5 Å². The van der Waals surface area contributed by atoms with Gasteiger partial charge in [-0.1, -0.05) is 6.92 Å². The van der Waals surface area contributed by atoms with E-state index >= 15 is 0 Å². The molecule has 0 saturated heterocycles. The van der Waals surface area contributed by atoms with Crippen LogP contribution < -0.4 is 5.32 Å². The molecule has 1 aromatic heterocycles. The Morgan fingerprint density at radius 3 is 3.06 bits per heavy atom. The number of nitrogens with zero attached hydrogens (tertiary/aromatic N) is 2. The third-order valence-electron chi connectivity index (χ3n) is 2.57. The fourth-order valence-electron chi connectivity index (χ4n) is 1.46. The summed E-state index contributed by atoms with van der Waals surface area (Å²) in [6.45, 7) is 5.43. The molecule has 1 unspecified atom stereocenters. The topological polar surface area (TPSA) is 67.2 Å². The van der Waals surface area contributed by atoms with E-state index in [0.29, 0.717) is 6.42 Å². The molecule has 1 heterocycles. The van der Waals surface area contributed by atoms with Crippen LogP contribution in [-0.4, -0.2) is 27.2 Å². The Morgan fingerprint density at radius 1 is 1.69 bits per heavy atom. The number of nitrogens with one attached hydrogen (secondary N) is 1. The highest BCUT2D eigenvalue weighted by Crippen LogP contribution is 2.07. The van der Waals surface area contributed by atoms with E-state index in [9.17, 15) is 4.79 Å². The summed E-state index contributed by atoms with van der Waals surface area (Å²) >= 11 is 0. The first-order valence-corrected chi connectivity index (χ1v) is 5.63. The van der Waals surface area contributed by atoms with Crippen LogP contribution in [0.15, 0.2) is 12.4 Å². The molecule has 1 aromatic rings. The molecule has 0 spiro atoms. The molecule has 0 fully saturated rings. The second kappa shape index (κ2) is 6.15. The predicted octanol–water partition coefficient (Wildman–Crippen LogP) is 1.82. The van der Waals surface area contributed by atoms with Crippen LogP contribution in [0.3, 0.4) is 0 Å². The van der Waals surface area contributed by atoms with Gasteiger partial charge in [-0.3, -0.25) is 4.79 Å². The Bertz CT molecular complexity index is 336. The molecule has 0 amide bonds. The quantitative estimate of drug-likeness (QED) is 0.694. The number of carboxylic acids is 1.